The normalized spacial score (nSPS) is 10.3. The molecule has 0 atom stereocenters. The van der Waals surface area contributed by atoms with Gasteiger partial charge < -0.3 is 37.0 Å². The van der Waals surface area contributed by atoms with Gasteiger partial charge in [0.05, 0.1) is 5.56 Å². The van der Waals surface area contributed by atoms with E-state index in [0.29, 0.717) is 0 Å². The summed E-state index contributed by atoms with van der Waals surface area (Å²) in [5.41, 5.74) is -0.0629. The predicted molar refractivity (Wildman–Crippen MR) is 180 cm³/mol. The summed E-state index contributed by atoms with van der Waals surface area (Å²) < 4.78 is 0. The molecule has 0 unspecified atom stereocenters. The first-order valence-corrected chi connectivity index (χ1v) is 15.2. The molecular formula is C29H24Cl4N6O8. The van der Waals surface area contributed by atoms with Crippen LogP contribution in [-0.4, -0.2) is 70.0 Å². The molecule has 0 radical (unpaired) electrons. The van der Waals surface area contributed by atoms with Gasteiger partial charge >= 0.3 is 5.97 Å². The van der Waals surface area contributed by atoms with E-state index in [1.807, 2.05) is 0 Å². The monoisotopic (exact) mass is 724 g/mol. The SMILES string of the molecule is O=C(CCl)Nc1cc(NC(=O)CCl)cc(C(=O)Nc2cc(NC(=O)c3cc(NC(=O)CCl)cc(NC(=O)CCl)c3)cc(C(=O)O)c2)c1. The maximum absolute atomic E-state index is 13.3. The highest BCUT2D eigenvalue weighted by molar-refractivity contribution is 6.30. The number of nitrogens with one attached hydrogen (secondary N) is 6. The van der Waals surface area contributed by atoms with Gasteiger partial charge in [0.2, 0.25) is 23.6 Å². The molecule has 0 spiro atoms. The molecule has 3 aromatic rings. The average molecular weight is 726 g/mol. The Balaban J connectivity index is 1.94. The Hall–Kier alpha value is -4.89. The highest BCUT2D eigenvalue weighted by Crippen LogP contribution is 2.25. The fourth-order valence-electron chi connectivity index (χ4n) is 3.89. The van der Waals surface area contributed by atoms with Gasteiger partial charge in [-0.25, -0.2) is 4.79 Å². The molecule has 0 aliphatic carbocycles. The van der Waals surface area contributed by atoms with Crippen molar-refractivity contribution in [2.75, 3.05) is 55.4 Å². The summed E-state index contributed by atoms with van der Waals surface area (Å²) in [6, 6.07) is 11.4. The summed E-state index contributed by atoms with van der Waals surface area (Å²) in [7, 11) is 0. The minimum Gasteiger partial charge on any atom is -0.478 e. The van der Waals surface area contributed by atoms with Crippen molar-refractivity contribution in [2.45, 2.75) is 0 Å². The number of carboxylic acids is 1. The van der Waals surface area contributed by atoms with Crippen LogP contribution in [-0.2, 0) is 19.2 Å². The maximum atomic E-state index is 13.3. The highest BCUT2D eigenvalue weighted by Gasteiger charge is 2.17. The minimum atomic E-state index is -1.38. The number of rotatable bonds is 13. The molecule has 3 aromatic carbocycles. The van der Waals surface area contributed by atoms with E-state index >= 15 is 0 Å². The fraction of sp³-hybridized carbons (Fsp3) is 0.138. The van der Waals surface area contributed by atoms with E-state index in [1.54, 1.807) is 0 Å². The number of benzene rings is 3. The second-order valence-electron chi connectivity index (χ2n) is 9.34. The van der Waals surface area contributed by atoms with E-state index in [-0.39, 0.29) is 74.3 Å². The molecule has 246 valence electrons. The second-order valence-corrected chi connectivity index (χ2v) is 10.4. The molecule has 0 heterocycles. The van der Waals surface area contributed by atoms with Crippen LogP contribution < -0.4 is 31.9 Å². The molecule has 0 aliphatic heterocycles. The number of carboxylic acid groups (broad SMARTS) is 1. The van der Waals surface area contributed by atoms with Gasteiger partial charge in [0, 0.05) is 45.3 Å². The van der Waals surface area contributed by atoms with E-state index in [1.165, 1.54) is 42.5 Å². The molecular weight excluding hydrogens is 702 g/mol. The van der Waals surface area contributed by atoms with Crippen LogP contribution in [0.4, 0.5) is 34.1 Å². The first-order chi connectivity index (χ1) is 22.3. The maximum Gasteiger partial charge on any atom is 0.335 e. The van der Waals surface area contributed by atoms with Crippen molar-refractivity contribution in [2.24, 2.45) is 0 Å². The number of alkyl halides is 4. The van der Waals surface area contributed by atoms with Gasteiger partial charge in [-0.3, -0.25) is 28.8 Å². The number of aromatic carboxylic acids is 1. The number of anilines is 6. The Morgan fingerprint density at radius 3 is 0.872 bits per heavy atom. The lowest BCUT2D eigenvalue weighted by Gasteiger charge is -2.14. The number of carbonyl (C=O) groups excluding carboxylic acids is 6. The molecule has 0 aliphatic rings. The van der Waals surface area contributed by atoms with Crippen LogP contribution in [0.1, 0.15) is 31.1 Å². The van der Waals surface area contributed by atoms with E-state index in [9.17, 15) is 38.7 Å². The number of hydrogen-bond donors (Lipinski definition) is 7. The molecule has 3 rings (SSSR count). The van der Waals surface area contributed by atoms with Crippen molar-refractivity contribution in [3.63, 3.8) is 0 Å². The van der Waals surface area contributed by atoms with E-state index < -0.39 is 41.4 Å². The lowest BCUT2D eigenvalue weighted by molar-refractivity contribution is -0.114. The molecule has 0 aromatic heterocycles. The van der Waals surface area contributed by atoms with Crippen LogP contribution in [0.5, 0.6) is 0 Å². The van der Waals surface area contributed by atoms with Crippen LogP contribution >= 0.6 is 46.4 Å². The zero-order valence-electron chi connectivity index (χ0n) is 23.8. The Bertz CT molecular complexity index is 1570. The molecule has 47 heavy (non-hydrogen) atoms. The van der Waals surface area contributed by atoms with Crippen LogP contribution in [0, 0.1) is 0 Å². The van der Waals surface area contributed by atoms with Crippen molar-refractivity contribution in [3.8, 4) is 0 Å². The Morgan fingerprint density at radius 2 is 0.638 bits per heavy atom. The first-order valence-electron chi connectivity index (χ1n) is 13.1. The van der Waals surface area contributed by atoms with Crippen molar-refractivity contribution in [3.05, 3.63) is 71.3 Å². The third-order valence-corrected chi connectivity index (χ3v) is 6.68. The summed E-state index contributed by atoms with van der Waals surface area (Å²) in [4.78, 5) is 85.8. The van der Waals surface area contributed by atoms with Gasteiger partial charge in [-0.05, 0) is 54.6 Å². The summed E-state index contributed by atoms with van der Waals surface area (Å²) in [5.74, 6) is -6.84. The highest BCUT2D eigenvalue weighted by atomic mass is 35.5. The Morgan fingerprint density at radius 1 is 0.404 bits per heavy atom. The van der Waals surface area contributed by atoms with Crippen LogP contribution in [0.15, 0.2) is 54.6 Å². The molecule has 6 amide bonds. The summed E-state index contributed by atoms with van der Waals surface area (Å²) in [6.07, 6.45) is 0. The molecule has 0 saturated heterocycles. The lowest BCUT2D eigenvalue weighted by Crippen LogP contribution is -2.19. The Kier molecular flexibility index (Phi) is 13.3. The van der Waals surface area contributed by atoms with E-state index in [0.717, 1.165) is 12.1 Å². The standard InChI is InChI=1S/C29H24Cl4N6O8/c30-10-23(40)34-17-1-14(2-18(7-17)35-24(41)11-31)27(44)38-21-5-16(29(46)47)6-22(9-21)39-28(45)15-3-19(36-25(42)12-32)8-20(4-15)37-26(43)13-33/h1-9H,10-13H2,(H,34,40)(H,35,41)(H,36,42)(H,37,43)(H,38,44)(H,39,45)(H,46,47). The van der Waals surface area contributed by atoms with Gasteiger partial charge in [-0.15, -0.1) is 46.4 Å². The van der Waals surface area contributed by atoms with E-state index in [4.69, 9.17) is 46.4 Å². The summed E-state index contributed by atoms with van der Waals surface area (Å²) >= 11 is 22.2. The molecule has 0 bridgehead atoms. The van der Waals surface area contributed by atoms with E-state index in [2.05, 4.69) is 31.9 Å². The van der Waals surface area contributed by atoms with Gasteiger partial charge in [-0.2, -0.15) is 0 Å². The van der Waals surface area contributed by atoms with Gasteiger partial charge in [0.15, 0.2) is 0 Å². The first kappa shape index (κ1) is 36.6. The second kappa shape index (κ2) is 17.1. The predicted octanol–water partition coefficient (Wildman–Crippen LogP) is 4.60. The zero-order chi connectivity index (χ0) is 34.7. The average Bonchev–Trinajstić information content (AvgIpc) is 3.03. The van der Waals surface area contributed by atoms with Gasteiger partial charge in [0.1, 0.15) is 23.5 Å². The van der Waals surface area contributed by atoms with Crippen molar-refractivity contribution in [1.29, 1.82) is 0 Å². The fourth-order valence-corrected chi connectivity index (χ4v) is 4.15. The third-order valence-electron chi connectivity index (χ3n) is 5.71. The van der Waals surface area contributed by atoms with Crippen LogP contribution in [0.2, 0.25) is 0 Å². The molecule has 7 N–H and O–H groups in total. The van der Waals surface area contributed by atoms with Crippen molar-refractivity contribution >= 4 is 122 Å². The molecule has 14 nitrogen and oxygen atoms in total. The summed E-state index contributed by atoms with van der Waals surface area (Å²) in [5, 5.41) is 24.6. The zero-order valence-corrected chi connectivity index (χ0v) is 26.9. The topological polar surface area (TPSA) is 212 Å². The quantitative estimate of drug-likeness (QED) is 0.124. The summed E-state index contributed by atoms with van der Waals surface area (Å²) in [6.45, 7) is 0. The third kappa shape index (κ3) is 11.1. The number of carbonyl (C=O) groups is 7. The van der Waals surface area contributed by atoms with Crippen molar-refractivity contribution in [1.82, 2.24) is 0 Å². The number of amides is 6. The smallest absolute Gasteiger partial charge is 0.335 e. The van der Waals surface area contributed by atoms with Crippen molar-refractivity contribution < 1.29 is 38.7 Å². The molecule has 0 fully saturated rings. The van der Waals surface area contributed by atoms with Gasteiger partial charge in [0.25, 0.3) is 11.8 Å². The lowest BCUT2D eigenvalue weighted by atomic mass is 10.1. The minimum absolute atomic E-state index is 0.0510. The van der Waals surface area contributed by atoms with Crippen LogP contribution in [0.25, 0.3) is 0 Å². The number of hydrogen-bond acceptors (Lipinski definition) is 7. The Labute approximate surface area is 286 Å². The van der Waals surface area contributed by atoms with Gasteiger partial charge in [-0.1, -0.05) is 0 Å². The molecule has 18 heteroatoms. The molecule has 0 saturated carbocycles. The van der Waals surface area contributed by atoms with Crippen LogP contribution in [0.3, 0.4) is 0 Å². The number of halogens is 4. The largest absolute Gasteiger partial charge is 0.478 e.